The molecule has 0 heterocycles. The maximum atomic E-state index is 12.8. The second-order valence-corrected chi connectivity index (χ2v) is 8.75. The normalized spacial score (nSPS) is 10.9. The molecule has 0 aliphatic rings. The SMILES string of the molecule is Cc1cccc(COc2ccccc2/C=C(\C#N)C(=O)Nc2ccc(OCc3ccccc3Cl)cc2)c1. The number of hydrogen-bond donors (Lipinski definition) is 1. The lowest BCUT2D eigenvalue weighted by Gasteiger charge is -2.11. The fraction of sp³-hybridized carbons (Fsp3) is 0.0968. The van der Waals surface area contributed by atoms with E-state index in [2.05, 4.69) is 11.4 Å². The summed E-state index contributed by atoms with van der Waals surface area (Å²) >= 11 is 6.17. The highest BCUT2D eigenvalue weighted by molar-refractivity contribution is 6.31. The number of benzene rings is 4. The quantitative estimate of drug-likeness (QED) is 0.189. The molecule has 0 radical (unpaired) electrons. The third-order valence-electron chi connectivity index (χ3n) is 5.53. The van der Waals surface area contributed by atoms with Crippen LogP contribution in [-0.4, -0.2) is 5.91 Å². The molecule has 0 saturated carbocycles. The van der Waals surface area contributed by atoms with Gasteiger partial charge in [-0.1, -0.05) is 77.8 Å². The number of carbonyl (C=O) groups is 1. The summed E-state index contributed by atoms with van der Waals surface area (Å²) in [6, 6.07) is 31.8. The molecule has 4 aromatic carbocycles. The maximum Gasteiger partial charge on any atom is 0.266 e. The van der Waals surface area contributed by atoms with Gasteiger partial charge in [-0.2, -0.15) is 5.26 Å². The first-order valence-corrected chi connectivity index (χ1v) is 12.1. The molecule has 4 aromatic rings. The van der Waals surface area contributed by atoms with Crippen molar-refractivity contribution >= 4 is 29.3 Å². The van der Waals surface area contributed by atoms with Crippen molar-refractivity contribution in [2.45, 2.75) is 20.1 Å². The second-order valence-electron chi connectivity index (χ2n) is 8.34. The minimum atomic E-state index is -0.513. The van der Waals surface area contributed by atoms with Gasteiger partial charge in [0.1, 0.15) is 36.4 Å². The third kappa shape index (κ3) is 7.23. The fourth-order valence-electron chi connectivity index (χ4n) is 3.61. The zero-order valence-electron chi connectivity index (χ0n) is 20.3. The Kier molecular flexibility index (Phi) is 8.59. The van der Waals surface area contributed by atoms with Gasteiger partial charge in [0.2, 0.25) is 0 Å². The minimum absolute atomic E-state index is 0.0364. The van der Waals surface area contributed by atoms with E-state index in [1.54, 1.807) is 30.3 Å². The highest BCUT2D eigenvalue weighted by Crippen LogP contribution is 2.24. The van der Waals surface area contributed by atoms with E-state index in [0.717, 1.165) is 16.7 Å². The molecule has 1 amide bonds. The maximum absolute atomic E-state index is 12.8. The van der Waals surface area contributed by atoms with Gasteiger partial charge in [0.15, 0.2) is 0 Å². The van der Waals surface area contributed by atoms with Crippen molar-refractivity contribution in [2.75, 3.05) is 5.32 Å². The zero-order valence-corrected chi connectivity index (χ0v) is 21.0. The molecular weight excluding hydrogens is 484 g/mol. The minimum Gasteiger partial charge on any atom is -0.489 e. The van der Waals surface area contributed by atoms with Crippen molar-refractivity contribution in [3.8, 4) is 17.6 Å². The summed E-state index contributed by atoms with van der Waals surface area (Å²) in [7, 11) is 0. The van der Waals surface area contributed by atoms with Crippen LogP contribution in [-0.2, 0) is 18.0 Å². The molecule has 0 spiro atoms. The Morgan fingerprint density at radius 1 is 0.919 bits per heavy atom. The van der Waals surface area contributed by atoms with Crippen LogP contribution in [0.1, 0.15) is 22.3 Å². The average Bonchev–Trinajstić information content (AvgIpc) is 2.91. The molecule has 0 unspecified atom stereocenters. The van der Waals surface area contributed by atoms with Crippen molar-refractivity contribution in [1.82, 2.24) is 0 Å². The molecule has 5 nitrogen and oxygen atoms in total. The van der Waals surface area contributed by atoms with E-state index in [4.69, 9.17) is 21.1 Å². The van der Waals surface area contributed by atoms with Crippen LogP contribution in [0.15, 0.2) is 103 Å². The summed E-state index contributed by atoms with van der Waals surface area (Å²) in [6.45, 7) is 2.74. The Hall–Kier alpha value is -4.53. The molecule has 0 bridgehead atoms. The highest BCUT2D eigenvalue weighted by atomic mass is 35.5. The number of carbonyl (C=O) groups excluding carboxylic acids is 1. The Labute approximate surface area is 221 Å². The number of hydrogen-bond acceptors (Lipinski definition) is 4. The van der Waals surface area contributed by atoms with Gasteiger partial charge in [-0.3, -0.25) is 4.79 Å². The number of nitrogens with one attached hydrogen (secondary N) is 1. The predicted molar refractivity (Wildman–Crippen MR) is 146 cm³/mol. The Morgan fingerprint density at radius 2 is 1.68 bits per heavy atom. The summed E-state index contributed by atoms with van der Waals surface area (Å²) in [5, 5.41) is 13.1. The number of ether oxygens (including phenoxy) is 2. The molecule has 6 heteroatoms. The summed E-state index contributed by atoms with van der Waals surface area (Å²) in [5.74, 6) is 0.707. The van der Waals surface area contributed by atoms with Gasteiger partial charge >= 0.3 is 0 Å². The highest BCUT2D eigenvalue weighted by Gasteiger charge is 2.12. The van der Waals surface area contributed by atoms with Crippen LogP contribution in [0, 0.1) is 18.3 Å². The molecule has 4 rings (SSSR count). The van der Waals surface area contributed by atoms with Crippen LogP contribution in [0.25, 0.3) is 6.08 Å². The molecular formula is C31H25ClN2O3. The zero-order chi connectivity index (χ0) is 26.0. The number of halogens is 1. The van der Waals surface area contributed by atoms with Gasteiger partial charge in [-0.15, -0.1) is 0 Å². The summed E-state index contributed by atoms with van der Waals surface area (Å²) in [4.78, 5) is 12.8. The van der Waals surface area contributed by atoms with Crippen LogP contribution >= 0.6 is 11.6 Å². The Morgan fingerprint density at radius 3 is 2.43 bits per heavy atom. The van der Waals surface area contributed by atoms with Gasteiger partial charge in [-0.05, 0) is 55.0 Å². The van der Waals surface area contributed by atoms with Crippen LogP contribution in [0.5, 0.6) is 11.5 Å². The number of anilines is 1. The first-order chi connectivity index (χ1) is 18.0. The van der Waals surface area contributed by atoms with Crippen molar-refractivity contribution in [2.24, 2.45) is 0 Å². The fourth-order valence-corrected chi connectivity index (χ4v) is 3.80. The standard InChI is InChI=1S/C31H25ClN2O3/c1-22-7-6-8-23(17-22)20-37-30-12-5-3-9-24(30)18-26(19-33)31(35)34-27-13-15-28(16-14-27)36-21-25-10-2-4-11-29(25)32/h2-18H,20-21H2,1H3,(H,34,35)/b26-18+. The van der Waals surface area contributed by atoms with E-state index in [1.807, 2.05) is 73.7 Å². The molecule has 0 atom stereocenters. The lowest BCUT2D eigenvalue weighted by atomic mass is 10.1. The topological polar surface area (TPSA) is 71.3 Å². The lowest BCUT2D eigenvalue weighted by Crippen LogP contribution is -2.13. The van der Waals surface area contributed by atoms with E-state index in [-0.39, 0.29) is 5.57 Å². The van der Waals surface area contributed by atoms with Gasteiger partial charge < -0.3 is 14.8 Å². The Balaban J connectivity index is 1.40. The number of rotatable bonds is 9. The summed E-state index contributed by atoms with van der Waals surface area (Å²) in [6.07, 6.45) is 1.53. The van der Waals surface area contributed by atoms with E-state index in [9.17, 15) is 10.1 Å². The van der Waals surface area contributed by atoms with Gasteiger partial charge in [0.05, 0.1) is 0 Å². The molecule has 0 aliphatic heterocycles. The van der Waals surface area contributed by atoms with E-state index in [0.29, 0.717) is 41.0 Å². The van der Waals surface area contributed by atoms with Gasteiger partial charge in [0, 0.05) is 21.8 Å². The van der Waals surface area contributed by atoms with Crippen molar-refractivity contribution < 1.29 is 14.3 Å². The van der Waals surface area contributed by atoms with Crippen LogP contribution in [0.4, 0.5) is 5.69 Å². The summed E-state index contributed by atoms with van der Waals surface area (Å²) in [5.41, 5.74) is 4.22. The number of aryl methyl sites for hydroxylation is 1. The van der Waals surface area contributed by atoms with E-state index >= 15 is 0 Å². The molecule has 0 fully saturated rings. The van der Waals surface area contributed by atoms with Crippen LogP contribution in [0.3, 0.4) is 0 Å². The van der Waals surface area contributed by atoms with Gasteiger partial charge in [-0.25, -0.2) is 0 Å². The van der Waals surface area contributed by atoms with Crippen LogP contribution < -0.4 is 14.8 Å². The molecule has 0 aliphatic carbocycles. The largest absolute Gasteiger partial charge is 0.489 e. The predicted octanol–water partition coefficient (Wildman–Crippen LogP) is 7.35. The lowest BCUT2D eigenvalue weighted by molar-refractivity contribution is -0.112. The van der Waals surface area contributed by atoms with Crippen molar-refractivity contribution in [3.05, 3.63) is 130 Å². The molecule has 0 aromatic heterocycles. The number of para-hydroxylation sites is 1. The first-order valence-electron chi connectivity index (χ1n) is 11.7. The first kappa shape index (κ1) is 25.6. The smallest absolute Gasteiger partial charge is 0.266 e. The molecule has 1 N–H and O–H groups in total. The molecule has 184 valence electrons. The average molecular weight is 509 g/mol. The number of nitrogens with zero attached hydrogens (tertiary/aromatic N) is 1. The van der Waals surface area contributed by atoms with Crippen molar-refractivity contribution in [3.63, 3.8) is 0 Å². The third-order valence-corrected chi connectivity index (χ3v) is 5.89. The summed E-state index contributed by atoms with van der Waals surface area (Å²) < 4.78 is 11.8. The van der Waals surface area contributed by atoms with E-state index in [1.165, 1.54) is 6.08 Å². The number of nitriles is 1. The van der Waals surface area contributed by atoms with E-state index < -0.39 is 5.91 Å². The number of amides is 1. The van der Waals surface area contributed by atoms with Crippen LogP contribution in [0.2, 0.25) is 5.02 Å². The second kappa shape index (κ2) is 12.4. The van der Waals surface area contributed by atoms with Gasteiger partial charge in [0.25, 0.3) is 5.91 Å². The van der Waals surface area contributed by atoms with Crippen molar-refractivity contribution in [1.29, 1.82) is 5.26 Å². The Bertz CT molecular complexity index is 1460. The monoisotopic (exact) mass is 508 g/mol. The molecule has 37 heavy (non-hydrogen) atoms. The molecule has 0 saturated heterocycles.